The molecule has 0 aromatic carbocycles. The molecule has 2 heterocycles. The zero-order chi connectivity index (χ0) is 11.4. The van der Waals surface area contributed by atoms with Gasteiger partial charge >= 0.3 is 5.97 Å². The smallest absolute Gasteiger partial charge is 0.352 e. The SMILES string of the molecule is CC1=C(C(=O)O)N2C(=O)C(Br)(Br)C2SC1. The van der Waals surface area contributed by atoms with Gasteiger partial charge in [0, 0.05) is 5.75 Å². The van der Waals surface area contributed by atoms with E-state index in [-0.39, 0.29) is 17.0 Å². The van der Waals surface area contributed by atoms with Crippen molar-refractivity contribution in [3.63, 3.8) is 0 Å². The molecule has 2 aliphatic heterocycles. The molecule has 1 amide bonds. The van der Waals surface area contributed by atoms with Crippen LogP contribution in [0.1, 0.15) is 6.92 Å². The molecule has 15 heavy (non-hydrogen) atoms. The quantitative estimate of drug-likeness (QED) is 0.574. The van der Waals surface area contributed by atoms with Crippen LogP contribution in [0.15, 0.2) is 11.3 Å². The second-order valence-electron chi connectivity index (χ2n) is 3.40. The molecule has 1 atom stereocenters. The highest BCUT2D eigenvalue weighted by Crippen LogP contribution is 2.53. The fourth-order valence-electron chi connectivity index (χ4n) is 1.63. The molecule has 2 aliphatic rings. The Labute approximate surface area is 107 Å². The van der Waals surface area contributed by atoms with Gasteiger partial charge in [0.05, 0.1) is 0 Å². The Morgan fingerprint density at radius 2 is 2.27 bits per heavy atom. The zero-order valence-corrected chi connectivity index (χ0v) is 11.6. The number of aliphatic carboxylic acids is 1. The second kappa shape index (κ2) is 3.49. The number of carboxylic acids is 1. The standard InChI is InChI=1S/C8H7Br2NO3S/c1-3-2-15-7-8(9,10)6(14)11(7)4(3)5(12)13/h7H,2H2,1H3,(H,12,13). The van der Waals surface area contributed by atoms with Crippen LogP contribution in [0.4, 0.5) is 0 Å². The minimum absolute atomic E-state index is 0.123. The molecular weight excluding hydrogens is 350 g/mol. The van der Waals surface area contributed by atoms with E-state index in [1.807, 2.05) is 0 Å². The van der Waals surface area contributed by atoms with Gasteiger partial charge in [-0.3, -0.25) is 9.69 Å². The third-order valence-corrected chi connectivity index (χ3v) is 5.99. The van der Waals surface area contributed by atoms with Crippen molar-refractivity contribution in [2.45, 2.75) is 15.5 Å². The molecule has 0 spiro atoms. The number of rotatable bonds is 1. The summed E-state index contributed by atoms with van der Waals surface area (Å²) in [6.07, 6.45) is 0. The fraction of sp³-hybridized carbons (Fsp3) is 0.500. The molecule has 1 fully saturated rings. The number of hydrogen-bond acceptors (Lipinski definition) is 3. The van der Waals surface area contributed by atoms with Crippen LogP contribution >= 0.6 is 43.6 Å². The molecule has 2 rings (SSSR count). The maximum absolute atomic E-state index is 11.7. The number of amides is 1. The Balaban J connectivity index is 2.41. The van der Waals surface area contributed by atoms with Crippen LogP contribution in [-0.2, 0) is 9.59 Å². The first-order valence-corrected chi connectivity index (χ1v) is 6.77. The number of fused-ring (bicyclic) bond motifs is 1. The first kappa shape index (κ1) is 11.5. The van der Waals surface area contributed by atoms with E-state index in [4.69, 9.17) is 5.11 Å². The van der Waals surface area contributed by atoms with Crippen molar-refractivity contribution >= 4 is 55.5 Å². The number of carbonyl (C=O) groups is 2. The molecule has 0 bridgehead atoms. The van der Waals surface area contributed by atoms with Gasteiger partial charge in [0.25, 0.3) is 5.91 Å². The van der Waals surface area contributed by atoms with Crippen LogP contribution in [0.5, 0.6) is 0 Å². The summed E-state index contributed by atoms with van der Waals surface area (Å²) in [6.45, 7) is 1.74. The van der Waals surface area contributed by atoms with Gasteiger partial charge < -0.3 is 5.11 Å². The third kappa shape index (κ3) is 1.47. The average Bonchev–Trinajstić information content (AvgIpc) is 2.15. The van der Waals surface area contributed by atoms with Gasteiger partial charge in [-0.2, -0.15) is 0 Å². The highest BCUT2D eigenvalue weighted by molar-refractivity contribution is 9.26. The molecule has 0 aromatic rings. The lowest BCUT2D eigenvalue weighted by Crippen LogP contribution is -2.67. The third-order valence-electron chi connectivity index (χ3n) is 2.35. The molecule has 0 saturated carbocycles. The molecule has 82 valence electrons. The van der Waals surface area contributed by atoms with Crippen molar-refractivity contribution in [1.29, 1.82) is 0 Å². The van der Waals surface area contributed by atoms with Crippen molar-refractivity contribution in [1.82, 2.24) is 4.90 Å². The van der Waals surface area contributed by atoms with E-state index in [1.54, 1.807) is 18.7 Å². The van der Waals surface area contributed by atoms with Crippen LogP contribution in [-0.4, -0.2) is 36.2 Å². The Hall–Kier alpha value is -0.0100. The lowest BCUT2D eigenvalue weighted by molar-refractivity contribution is -0.146. The summed E-state index contributed by atoms with van der Waals surface area (Å²) < 4.78 is -0.800. The first-order valence-electron chi connectivity index (χ1n) is 4.13. The maximum Gasteiger partial charge on any atom is 0.352 e. The van der Waals surface area contributed by atoms with E-state index >= 15 is 0 Å². The number of carbonyl (C=O) groups excluding carboxylic acids is 1. The van der Waals surface area contributed by atoms with Crippen molar-refractivity contribution in [2.75, 3.05) is 5.75 Å². The van der Waals surface area contributed by atoms with Gasteiger partial charge in [-0.25, -0.2) is 4.79 Å². The molecule has 1 unspecified atom stereocenters. The normalized spacial score (nSPS) is 28.6. The average molecular weight is 357 g/mol. The van der Waals surface area contributed by atoms with Crippen molar-refractivity contribution < 1.29 is 14.7 Å². The summed E-state index contributed by atoms with van der Waals surface area (Å²) in [7, 11) is 0. The van der Waals surface area contributed by atoms with Crippen molar-refractivity contribution in [2.24, 2.45) is 0 Å². The Morgan fingerprint density at radius 3 is 2.80 bits per heavy atom. The van der Waals surface area contributed by atoms with Crippen molar-refractivity contribution in [3.8, 4) is 0 Å². The molecule has 7 heteroatoms. The Bertz CT molecular complexity index is 393. The Morgan fingerprint density at radius 1 is 1.67 bits per heavy atom. The summed E-state index contributed by atoms with van der Waals surface area (Å²) in [5.41, 5.74) is 0.853. The number of thioether (sulfide) groups is 1. The van der Waals surface area contributed by atoms with Gasteiger partial charge in [-0.1, -0.05) is 31.9 Å². The highest BCUT2D eigenvalue weighted by atomic mass is 79.9. The van der Waals surface area contributed by atoms with Crippen LogP contribution in [0, 0.1) is 0 Å². The monoisotopic (exact) mass is 355 g/mol. The number of halogens is 2. The van der Waals surface area contributed by atoms with Crippen LogP contribution in [0.3, 0.4) is 0 Å². The second-order valence-corrected chi connectivity index (χ2v) is 8.03. The van der Waals surface area contributed by atoms with Gasteiger partial charge in [0.1, 0.15) is 11.1 Å². The van der Waals surface area contributed by atoms with Crippen molar-refractivity contribution in [3.05, 3.63) is 11.3 Å². The lowest BCUT2D eigenvalue weighted by Gasteiger charge is -2.51. The molecule has 4 nitrogen and oxygen atoms in total. The number of alkyl halides is 2. The van der Waals surface area contributed by atoms with Crippen LogP contribution in [0.2, 0.25) is 0 Å². The summed E-state index contributed by atoms with van der Waals surface area (Å²) in [5, 5.41) is 8.85. The molecule has 1 N–H and O–H groups in total. The van der Waals surface area contributed by atoms with E-state index in [0.717, 1.165) is 5.57 Å². The molecule has 0 aromatic heterocycles. The number of hydrogen-bond donors (Lipinski definition) is 1. The summed E-state index contributed by atoms with van der Waals surface area (Å²) >= 11 is 8.06. The number of nitrogens with zero attached hydrogens (tertiary/aromatic N) is 1. The summed E-state index contributed by atoms with van der Waals surface area (Å²) in [4.78, 5) is 24.0. The number of β-lactam (4-membered cyclic amide) rings is 1. The minimum Gasteiger partial charge on any atom is -0.477 e. The predicted octanol–water partition coefficient (Wildman–Crippen LogP) is 1.75. The van der Waals surface area contributed by atoms with E-state index in [9.17, 15) is 9.59 Å². The topological polar surface area (TPSA) is 57.6 Å². The number of carboxylic acid groups (broad SMARTS) is 1. The van der Waals surface area contributed by atoms with E-state index in [2.05, 4.69) is 31.9 Å². The molecular formula is C8H7Br2NO3S. The van der Waals surface area contributed by atoms with Crippen LogP contribution in [0.25, 0.3) is 0 Å². The zero-order valence-electron chi connectivity index (χ0n) is 7.66. The summed E-state index contributed by atoms with van der Waals surface area (Å²) in [6, 6.07) is 0. The minimum atomic E-state index is -1.04. The molecule has 0 radical (unpaired) electrons. The fourth-order valence-corrected chi connectivity index (χ4v) is 4.42. The maximum atomic E-state index is 11.7. The van der Waals surface area contributed by atoms with Gasteiger partial charge in [-0.15, -0.1) is 11.8 Å². The van der Waals surface area contributed by atoms with E-state index < -0.39 is 9.20 Å². The molecule has 0 aliphatic carbocycles. The predicted molar refractivity (Wildman–Crippen MR) is 64.0 cm³/mol. The summed E-state index contributed by atoms with van der Waals surface area (Å²) in [5.74, 6) is -0.659. The largest absolute Gasteiger partial charge is 0.477 e. The van der Waals surface area contributed by atoms with Gasteiger partial charge in [-0.05, 0) is 12.5 Å². The molecule has 1 saturated heterocycles. The van der Waals surface area contributed by atoms with Gasteiger partial charge in [0.2, 0.25) is 0 Å². The van der Waals surface area contributed by atoms with E-state index in [0.29, 0.717) is 5.75 Å². The van der Waals surface area contributed by atoms with Gasteiger partial charge in [0.15, 0.2) is 3.23 Å². The Kier molecular flexibility index (Phi) is 2.67. The first-order chi connectivity index (χ1) is 6.87. The van der Waals surface area contributed by atoms with E-state index in [1.165, 1.54) is 4.90 Å². The lowest BCUT2D eigenvalue weighted by atomic mass is 10.1. The van der Waals surface area contributed by atoms with Crippen LogP contribution < -0.4 is 0 Å². The highest BCUT2D eigenvalue weighted by Gasteiger charge is 2.61.